The number of anilines is 2. The minimum atomic E-state index is -4.39. The molecule has 10 heteroatoms. The largest absolute Gasteiger partial charge is 0.417 e. The normalized spacial score (nSPS) is 16.7. The molecule has 0 saturated carbocycles. The first kappa shape index (κ1) is 21.1. The summed E-state index contributed by atoms with van der Waals surface area (Å²) in [5, 5.41) is 7.27. The molecular weight excluding hydrogens is 385 g/mol. The van der Waals surface area contributed by atoms with E-state index < -0.39 is 11.7 Å². The molecule has 0 spiro atoms. The van der Waals surface area contributed by atoms with Crippen LogP contribution in [-0.4, -0.2) is 57.8 Å². The molecule has 0 aromatic carbocycles. The second-order valence-corrected chi connectivity index (χ2v) is 7.26. The lowest BCUT2D eigenvalue weighted by molar-refractivity contribution is -0.137. The van der Waals surface area contributed by atoms with Gasteiger partial charge < -0.3 is 10.2 Å². The molecule has 1 saturated heterocycles. The van der Waals surface area contributed by atoms with Crippen molar-refractivity contribution in [2.45, 2.75) is 33.0 Å². The number of piperazine rings is 1. The van der Waals surface area contributed by atoms with Crippen LogP contribution in [0, 0.1) is 13.8 Å². The Bertz CT molecular complexity index is 869. The smallest absolute Gasteiger partial charge is 0.354 e. The fraction of sp³-hybridized carbons (Fsp3) is 0.526. The van der Waals surface area contributed by atoms with Crippen molar-refractivity contribution in [2.24, 2.45) is 7.05 Å². The van der Waals surface area contributed by atoms with Gasteiger partial charge in [-0.3, -0.25) is 14.4 Å². The van der Waals surface area contributed by atoms with Crippen molar-refractivity contribution in [2.75, 3.05) is 36.4 Å². The molecule has 29 heavy (non-hydrogen) atoms. The number of aryl methyl sites for hydroxylation is 2. The van der Waals surface area contributed by atoms with E-state index >= 15 is 0 Å². The Morgan fingerprint density at radius 3 is 2.31 bits per heavy atom. The molecule has 158 valence electrons. The van der Waals surface area contributed by atoms with E-state index in [2.05, 4.69) is 20.3 Å². The first-order chi connectivity index (χ1) is 13.6. The van der Waals surface area contributed by atoms with Gasteiger partial charge in [0.25, 0.3) is 0 Å². The average molecular weight is 410 g/mol. The van der Waals surface area contributed by atoms with Gasteiger partial charge in [-0.1, -0.05) is 0 Å². The number of amides is 1. The monoisotopic (exact) mass is 410 g/mol. The molecule has 2 aromatic rings. The first-order valence-electron chi connectivity index (χ1n) is 9.41. The second kappa shape index (κ2) is 8.02. The highest BCUT2D eigenvalue weighted by atomic mass is 19.4. The highest BCUT2D eigenvalue weighted by Crippen LogP contribution is 2.29. The number of hydrogen-bond donors (Lipinski definition) is 1. The summed E-state index contributed by atoms with van der Waals surface area (Å²) >= 11 is 0. The molecule has 0 aliphatic carbocycles. The maximum Gasteiger partial charge on any atom is 0.417 e. The van der Waals surface area contributed by atoms with Gasteiger partial charge in [-0.2, -0.15) is 18.3 Å². The lowest BCUT2D eigenvalue weighted by atomic mass is 10.2. The summed E-state index contributed by atoms with van der Waals surface area (Å²) in [5.74, 6) is 0.404. The van der Waals surface area contributed by atoms with Crippen molar-refractivity contribution < 1.29 is 18.0 Å². The van der Waals surface area contributed by atoms with Gasteiger partial charge in [0.15, 0.2) is 0 Å². The summed E-state index contributed by atoms with van der Waals surface area (Å²) in [4.78, 5) is 20.6. The second-order valence-electron chi connectivity index (χ2n) is 7.26. The van der Waals surface area contributed by atoms with Crippen molar-refractivity contribution in [3.63, 3.8) is 0 Å². The van der Waals surface area contributed by atoms with Gasteiger partial charge in [0.05, 0.1) is 28.7 Å². The zero-order valence-electron chi connectivity index (χ0n) is 16.9. The fourth-order valence-electron chi connectivity index (χ4n) is 3.43. The Hall–Kier alpha value is -2.62. The molecule has 3 heterocycles. The summed E-state index contributed by atoms with van der Waals surface area (Å²) in [7, 11) is 1.83. The maximum atomic E-state index is 12.7. The van der Waals surface area contributed by atoms with Crippen LogP contribution in [0.1, 0.15) is 23.9 Å². The molecule has 0 bridgehead atoms. The van der Waals surface area contributed by atoms with Gasteiger partial charge in [0.2, 0.25) is 5.91 Å². The summed E-state index contributed by atoms with van der Waals surface area (Å²) < 4.78 is 39.8. The summed E-state index contributed by atoms with van der Waals surface area (Å²) in [6.45, 7) is 7.99. The van der Waals surface area contributed by atoms with Crippen LogP contribution in [0.3, 0.4) is 0 Å². The van der Waals surface area contributed by atoms with Crippen LogP contribution in [-0.2, 0) is 18.0 Å². The fourth-order valence-corrected chi connectivity index (χ4v) is 3.43. The lowest BCUT2D eigenvalue weighted by Gasteiger charge is -2.38. The van der Waals surface area contributed by atoms with E-state index in [9.17, 15) is 18.0 Å². The van der Waals surface area contributed by atoms with E-state index in [0.29, 0.717) is 32.0 Å². The van der Waals surface area contributed by atoms with Crippen LogP contribution in [0.15, 0.2) is 18.3 Å². The predicted octanol–water partition coefficient (Wildman–Crippen LogP) is 2.60. The predicted molar refractivity (Wildman–Crippen MR) is 104 cm³/mol. The number of halogens is 3. The molecule has 1 aliphatic heterocycles. The van der Waals surface area contributed by atoms with E-state index in [1.165, 1.54) is 6.07 Å². The molecular formula is C19H25F3N6O. The van der Waals surface area contributed by atoms with E-state index in [0.717, 1.165) is 29.3 Å². The Morgan fingerprint density at radius 2 is 1.83 bits per heavy atom. The van der Waals surface area contributed by atoms with Gasteiger partial charge in [-0.05, 0) is 32.9 Å². The molecule has 1 fully saturated rings. The van der Waals surface area contributed by atoms with E-state index in [1.807, 2.05) is 32.7 Å². The van der Waals surface area contributed by atoms with Crippen LogP contribution < -0.4 is 10.2 Å². The van der Waals surface area contributed by atoms with Crippen LogP contribution in [0.25, 0.3) is 0 Å². The summed E-state index contributed by atoms with van der Waals surface area (Å²) in [6, 6.07) is 2.10. The Morgan fingerprint density at radius 1 is 1.17 bits per heavy atom. The third-order valence-corrected chi connectivity index (χ3v) is 5.40. The number of nitrogens with zero attached hydrogens (tertiary/aromatic N) is 5. The molecule has 3 rings (SSSR count). The Kier molecular flexibility index (Phi) is 5.83. The van der Waals surface area contributed by atoms with Crippen molar-refractivity contribution in [1.82, 2.24) is 19.7 Å². The number of rotatable bonds is 4. The number of carbonyl (C=O) groups excluding carboxylic acids is 1. The van der Waals surface area contributed by atoms with Crippen molar-refractivity contribution >= 4 is 17.4 Å². The van der Waals surface area contributed by atoms with Crippen LogP contribution >= 0.6 is 0 Å². The van der Waals surface area contributed by atoms with Crippen LogP contribution in [0.2, 0.25) is 0 Å². The standard InChI is InChI=1S/C19H25F3N6O/c1-12-17(13(2)26(4)25-12)24-18(29)14(3)27-7-9-28(10-8-27)16-6-5-15(11-23-16)19(20,21)22/h5-6,11,14H,7-10H2,1-4H3,(H,24,29). The lowest BCUT2D eigenvalue weighted by Crippen LogP contribution is -2.53. The quantitative estimate of drug-likeness (QED) is 0.840. The minimum Gasteiger partial charge on any atom is -0.354 e. The highest BCUT2D eigenvalue weighted by Gasteiger charge is 2.31. The van der Waals surface area contributed by atoms with Gasteiger partial charge in [-0.25, -0.2) is 4.98 Å². The molecule has 1 aliphatic rings. The molecule has 0 radical (unpaired) electrons. The van der Waals surface area contributed by atoms with Crippen molar-refractivity contribution in [1.29, 1.82) is 0 Å². The number of pyridine rings is 1. The number of carbonyl (C=O) groups is 1. The SMILES string of the molecule is Cc1nn(C)c(C)c1NC(=O)C(C)N1CCN(c2ccc(C(F)(F)F)cn2)CC1. The zero-order valence-corrected chi connectivity index (χ0v) is 16.9. The molecule has 1 N–H and O–H groups in total. The van der Waals surface area contributed by atoms with Crippen molar-refractivity contribution in [3.8, 4) is 0 Å². The van der Waals surface area contributed by atoms with Gasteiger partial charge >= 0.3 is 6.18 Å². The minimum absolute atomic E-state index is 0.106. The molecule has 1 unspecified atom stereocenters. The number of aromatic nitrogens is 3. The molecule has 1 amide bonds. The van der Waals surface area contributed by atoms with Crippen LogP contribution in [0.4, 0.5) is 24.7 Å². The van der Waals surface area contributed by atoms with E-state index in [4.69, 9.17) is 0 Å². The zero-order chi connectivity index (χ0) is 21.3. The third kappa shape index (κ3) is 4.52. The van der Waals surface area contributed by atoms with Crippen molar-refractivity contribution in [3.05, 3.63) is 35.3 Å². The van der Waals surface area contributed by atoms with E-state index in [1.54, 1.807) is 4.68 Å². The Labute approximate surface area is 167 Å². The van der Waals surface area contributed by atoms with Gasteiger partial charge in [-0.15, -0.1) is 0 Å². The average Bonchev–Trinajstić information content (AvgIpc) is 2.93. The number of alkyl halides is 3. The van der Waals surface area contributed by atoms with Crippen LogP contribution in [0.5, 0.6) is 0 Å². The topological polar surface area (TPSA) is 66.3 Å². The van der Waals surface area contributed by atoms with Gasteiger partial charge in [0.1, 0.15) is 5.82 Å². The number of nitrogens with one attached hydrogen (secondary N) is 1. The first-order valence-corrected chi connectivity index (χ1v) is 9.41. The summed E-state index contributed by atoms with van der Waals surface area (Å²) in [5.41, 5.74) is 1.63. The molecule has 1 atom stereocenters. The summed E-state index contributed by atoms with van der Waals surface area (Å²) in [6.07, 6.45) is -3.53. The third-order valence-electron chi connectivity index (χ3n) is 5.40. The molecule has 7 nitrogen and oxygen atoms in total. The Balaban J connectivity index is 1.57. The van der Waals surface area contributed by atoms with E-state index in [-0.39, 0.29) is 11.9 Å². The molecule has 2 aromatic heterocycles. The number of hydrogen-bond acceptors (Lipinski definition) is 5. The van der Waals surface area contributed by atoms with Gasteiger partial charge in [0, 0.05) is 39.4 Å². The highest BCUT2D eigenvalue weighted by molar-refractivity contribution is 5.95. The maximum absolute atomic E-state index is 12.7.